The first kappa shape index (κ1) is 15.3. The van der Waals surface area contributed by atoms with Gasteiger partial charge in [-0.1, -0.05) is 48.5 Å². The zero-order valence-electron chi connectivity index (χ0n) is 11.7. The summed E-state index contributed by atoms with van der Waals surface area (Å²) >= 11 is 0. The maximum atomic E-state index is 12.3. The zero-order chi connectivity index (χ0) is 15.3. The van der Waals surface area contributed by atoms with E-state index in [1.165, 1.54) is 6.92 Å². The lowest BCUT2D eigenvalue weighted by atomic mass is 10.2. The van der Waals surface area contributed by atoms with E-state index in [4.69, 9.17) is 0 Å². The van der Waals surface area contributed by atoms with Crippen LogP contribution < -0.4 is 5.32 Å². The SMILES string of the molecule is CC(=O)Nc1ccccc1CS(=O)(=O)Cc1ccccc1. The summed E-state index contributed by atoms with van der Waals surface area (Å²) in [6.07, 6.45) is 0. The smallest absolute Gasteiger partial charge is 0.221 e. The Labute approximate surface area is 124 Å². The van der Waals surface area contributed by atoms with Gasteiger partial charge in [-0.25, -0.2) is 8.42 Å². The first-order valence-electron chi connectivity index (χ1n) is 6.56. The van der Waals surface area contributed by atoms with E-state index in [2.05, 4.69) is 5.32 Å². The van der Waals surface area contributed by atoms with Crippen LogP contribution in [0.2, 0.25) is 0 Å². The van der Waals surface area contributed by atoms with Crippen LogP contribution in [0.4, 0.5) is 5.69 Å². The summed E-state index contributed by atoms with van der Waals surface area (Å²) in [5.41, 5.74) is 1.90. The van der Waals surface area contributed by atoms with E-state index in [-0.39, 0.29) is 17.4 Å². The van der Waals surface area contributed by atoms with Gasteiger partial charge in [0.25, 0.3) is 0 Å². The quantitative estimate of drug-likeness (QED) is 0.923. The van der Waals surface area contributed by atoms with Gasteiger partial charge in [0.15, 0.2) is 9.84 Å². The van der Waals surface area contributed by atoms with Crippen molar-refractivity contribution in [1.82, 2.24) is 0 Å². The standard InChI is InChI=1S/C16H17NO3S/c1-13(18)17-16-10-6-5-9-15(16)12-21(19,20)11-14-7-3-2-4-8-14/h2-10H,11-12H2,1H3,(H,17,18). The third-order valence-electron chi connectivity index (χ3n) is 2.93. The number of anilines is 1. The monoisotopic (exact) mass is 303 g/mol. The molecule has 2 rings (SSSR count). The van der Waals surface area contributed by atoms with E-state index in [9.17, 15) is 13.2 Å². The van der Waals surface area contributed by atoms with Crippen molar-refractivity contribution in [3.8, 4) is 0 Å². The van der Waals surface area contributed by atoms with Gasteiger partial charge in [0.05, 0.1) is 11.5 Å². The van der Waals surface area contributed by atoms with Gasteiger partial charge in [-0.05, 0) is 17.2 Å². The van der Waals surface area contributed by atoms with Crippen LogP contribution in [-0.4, -0.2) is 14.3 Å². The molecule has 0 radical (unpaired) electrons. The molecular formula is C16H17NO3S. The summed E-state index contributed by atoms with van der Waals surface area (Å²) in [7, 11) is -3.30. The molecular weight excluding hydrogens is 286 g/mol. The lowest BCUT2D eigenvalue weighted by molar-refractivity contribution is -0.114. The predicted octanol–water partition coefficient (Wildman–Crippen LogP) is 2.76. The van der Waals surface area contributed by atoms with Gasteiger partial charge >= 0.3 is 0 Å². The van der Waals surface area contributed by atoms with E-state index >= 15 is 0 Å². The maximum absolute atomic E-state index is 12.3. The maximum Gasteiger partial charge on any atom is 0.221 e. The van der Waals surface area contributed by atoms with E-state index in [1.54, 1.807) is 36.4 Å². The number of carbonyl (C=O) groups is 1. The molecule has 5 heteroatoms. The minimum absolute atomic E-state index is 0.0117. The molecule has 4 nitrogen and oxygen atoms in total. The molecule has 0 saturated carbocycles. The van der Waals surface area contributed by atoms with E-state index in [1.807, 2.05) is 18.2 Å². The Morgan fingerprint density at radius 2 is 1.57 bits per heavy atom. The Morgan fingerprint density at radius 1 is 0.952 bits per heavy atom. The zero-order valence-corrected chi connectivity index (χ0v) is 12.6. The third-order valence-corrected chi connectivity index (χ3v) is 4.46. The van der Waals surface area contributed by atoms with Gasteiger partial charge in [0, 0.05) is 12.6 Å². The molecule has 1 amide bonds. The molecule has 2 aromatic carbocycles. The van der Waals surface area contributed by atoms with E-state index in [0.717, 1.165) is 5.56 Å². The highest BCUT2D eigenvalue weighted by Crippen LogP contribution is 2.20. The van der Waals surface area contributed by atoms with Gasteiger partial charge in [0.2, 0.25) is 5.91 Å². The predicted molar refractivity (Wildman–Crippen MR) is 83.5 cm³/mol. The van der Waals surface area contributed by atoms with Crippen LogP contribution in [0.25, 0.3) is 0 Å². The highest BCUT2D eigenvalue weighted by molar-refractivity contribution is 7.89. The second kappa shape index (κ2) is 6.54. The number of nitrogens with one attached hydrogen (secondary N) is 1. The second-order valence-corrected chi connectivity index (χ2v) is 6.92. The van der Waals surface area contributed by atoms with Crippen molar-refractivity contribution < 1.29 is 13.2 Å². The first-order valence-corrected chi connectivity index (χ1v) is 8.38. The fourth-order valence-corrected chi connectivity index (χ4v) is 3.60. The van der Waals surface area contributed by atoms with Crippen LogP contribution in [0.5, 0.6) is 0 Å². The lowest BCUT2D eigenvalue weighted by Gasteiger charge is -2.10. The number of rotatable bonds is 5. The summed E-state index contributed by atoms with van der Waals surface area (Å²) < 4.78 is 24.6. The van der Waals surface area contributed by atoms with Crippen LogP contribution in [-0.2, 0) is 26.1 Å². The fraction of sp³-hybridized carbons (Fsp3) is 0.188. The Balaban J connectivity index is 2.19. The van der Waals surface area contributed by atoms with Gasteiger partial charge in [0.1, 0.15) is 0 Å². The van der Waals surface area contributed by atoms with Gasteiger partial charge in [-0.3, -0.25) is 4.79 Å². The number of hydrogen-bond acceptors (Lipinski definition) is 3. The molecule has 21 heavy (non-hydrogen) atoms. The summed E-state index contributed by atoms with van der Waals surface area (Å²) in [6, 6.07) is 16.0. The van der Waals surface area contributed by atoms with Crippen molar-refractivity contribution in [2.24, 2.45) is 0 Å². The minimum Gasteiger partial charge on any atom is -0.326 e. The third kappa shape index (κ3) is 4.72. The molecule has 0 atom stereocenters. The van der Waals surface area contributed by atoms with E-state index in [0.29, 0.717) is 11.3 Å². The molecule has 0 aliphatic heterocycles. The number of amides is 1. The number of benzene rings is 2. The second-order valence-electron chi connectivity index (χ2n) is 4.86. The van der Waals surface area contributed by atoms with E-state index < -0.39 is 9.84 Å². The fourth-order valence-electron chi connectivity index (χ4n) is 2.07. The molecule has 0 fully saturated rings. The van der Waals surface area contributed by atoms with Crippen molar-refractivity contribution >= 4 is 21.4 Å². The Morgan fingerprint density at radius 3 is 2.24 bits per heavy atom. The Bertz CT molecular complexity index is 724. The normalized spacial score (nSPS) is 11.1. The van der Waals surface area contributed by atoms with Crippen molar-refractivity contribution in [2.45, 2.75) is 18.4 Å². The van der Waals surface area contributed by atoms with Crippen LogP contribution in [0, 0.1) is 0 Å². The number of hydrogen-bond donors (Lipinski definition) is 1. The summed E-state index contributed by atoms with van der Waals surface area (Å²) in [5.74, 6) is -0.330. The van der Waals surface area contributed by atoms with Crippen molar-refractivity contribution in [3.63, 3.8) is 0 Å². The van der Waals surface area contributed by atoms with Crippen LogP contribution in [0.15, 0.2) is 54.6 Å². The minimum atomic E-state index is -3.30. The molecule has 0 aromatic heterocycles. The molecule has 110 valence electrons. The summed E-state index contributed by atoms with van der Waals surface area (Å²) in [5, 5.41) is 2.66. The van der Waals surface area contributed by atoms with Gasteiger partial charge in [-0.2, -0.15) is 0 Å². The summed E-state index contributed by atoms with van der Waals surface area (Å²) in [6.45, 7) is 1.40. The van der Waals surface area contributed by atoms with Gasteiger partial charge in [-0.15, -0.1) is 0 Å². The number of sulfone groups is 1. The molecule has 1 N–H and O–H groups in total. The van der Waals surface area contributed by atoms with Crippen LogP contribution >= 0.6 is 0 Å². The highest BCUT2D eigenvalue weighted by atomic mass is 32.2. The molecule has 0 bridgehead atoms. The number of carbonyl (C=O) groups excluding carboxylic acids is 1. The Kier molecular flexibility index (Phi) is 4.75. The van der Waals surface area contributed by atoms with Crippen LogP contribution in [0.3, 0.4) is 0 Å². The average molecular weight is 303 g/mol. The molecule has 0 aliphatic carbocycles. The molecule has 0 saturated heterocycles. The number of para-hydroxylation sites is 1. The topological polar surface area (TPSA) is 63.2 Å². The van der Waals surface area contributed by atoms with Gasteiger partial charge < -0.3 is 5.32 Å². The summed E-state index contributed by atoms with van der Waals surface area (Å²) in [4.78, 5) is 11.2. The average Bonchev–Trinajstić information content (AvgIpc) is 2.41. The lowest BCUT2D eigenvalue weighted by Crippen LogP contribution is -2.12. The van der Waals surface area contributed by atoms with Crippen molar-refractivity contribution in [3.05, 3.63) is 65.7 Å². The van der Waals surface area contributed by atoms with Crippen molar-refractivity contribution in [1.29, 1.82) is 0 Å². The molecule has 0 aliphatic rings. The molecule has 0 heterocycles. The molecule has 0 spiro atoms. The Hall–Kier alpha value is -2.14. The largest absolute Gasteiger partial charge is 0.326 e. The highest BCUT2D eigenvalue weighted by Gasteiger charge is 2.15. The molecule has 2 aromatic rings. The van der Waals surface area contributed by atoms with Crippen molar-refractivity contribution in [2.75, 3.05) is 5.32 Å². The molecule has 0 unspecified atom stereocenters. The van der Waals surface area contributed by atoms with Crippen LogP contribution in [0.1, 0.15) is 18.1 Å². The first-order chi connectivity index (χ1) is 9.96.